The molecule has 2 rings (SSSR count). The van der Waals surface area contributed by atoms with Crippen LogP contribution in [0.2, 0.25) is 0 Å². The first-order valence-electron chi connectivity index (χ1n) is 5.86. The second-order valence-electron chi connectivity index (χ2n) is 5.62. The molecule has 1 aliphatic carbocycles. The van der Waals surface area contributed by atoms with Gasteiger partial charge < -0.3 is 10.1 Å². The van der Waals surface area contributed by atoms with Crippen molar-refractivity contribution in [2.45, 2.75) is 51.2 Å². The summed E-state index contributed by atoms with van der Waals surface area (Å²) in [5.41, 5.74) is 0.328. The third kappa shape index (κ3) is 1.40. The predicted molar refractivity (Wildman–Crippen MR) is 58.3 cm³/mol. The maximum atomic E-state index is 6.33. The Morgan fingerprint density at radius 1 is 1.36 bits per heavy atom. The van der Waals surface area contributed by atoms with Crippen molar-refractivity contribution in [3.05, 3.63) is 0 Å². The molecule has 0 bridgehead atoms. The van der Waals surface area contributed by atoms with Gasteiger partial charge in [-0.15, -0.1) is 0 Å². The van der Waals surface area contributed by atoms with Crippen LogP contribution in [0, 0.1) is 11.8 Å². The van der Waals surface area contributed by atoms with Gasteiger partial charge in [-0.2, -0.15) is 0 Å². The highest BCUT2D eigenvalue weighted by atomic mass is 16.5. The molecule has 4 atom stereocenters. The van der Waals surface area contributed by atoms with Gasteiger partial charge in [-0.1, -0.05) is 13.8 Å². The number of nitrogens with one attached hydrogen (secondary N) is 1. The monoisotopic (exact) mass is 197 g/mol. The van der Waals surface area contributed by atoms with E-state index in [0.717, 1.165) is 18.4 Å². The zero-order valence-corrected chi connectivity index (χ0v) is 9.89. The lowest BCUT2D eigenvalue weighted by molar-refractivity contribution is -0.187. The third-order valence-corrected chi connectivity index (χ3v) is 4.43. The smallest absolute Gasteiger partial charge is 0.0786 e. The van der Waals surface area contributed by atoms with Gasteiger partial charge in [0.1, 0.15) is 0 Å². The molecule has 14 heavy (non-hydrogen) atoms. The van der Waals surface area contributed by atoms with Crippen LogP contribution < -0.4 is 5.32 Å². The van der Waals surface area contributed by atoms with E-state index >= 15 is 0 Å². The quantitative estimate of drug-likeness (QED) is 0.732. The molecule has 2 nitrogen and oxygen atoms in total. The molecule has 0 radical (unpaired) electrons. The number of rotatable bonds is 2. The van der Waals surface area contributed by atoms with Crippen molar-refractivity contribution in [2.24, 2.45) is 11.8 Å². The Labute approximate surface area is 87.4 Å². The summed E-state index contributed by atoms with van der Waals surface area (Å²) in [5, 5.41) is 3.24. The Morgan fingerprint density at radius 2 is 2.07 bits per heavy atom. The fourth-order valence-electron chi connectivity index (χ4n) is 3.30. The van der Waals surface area contributed by atoms with Crippen LogP contribution in [0.1, 0.15) is 40.0 Å². The molecule has 1 heterocycles. The van der Waals surface area contributed by atoms with Crippen LogP contribution in [-0.4, -0.2) is 24.8 Å². The average molecular weight is 197 g/mol. The SMILES string of the molecule is CNCC1(C)CCC2(CC(C)C2C)O1. The van der Waals surface area contributed by atoms with Crippen molar-refractivity contribution in [3.8, 4) is 0 Å². The standard InChI is InChI=1S/C12H23NO/c1-9-7-12(10(9)2)6-5-11(3,14-12)8-13-4/h9-10,13H,5-8H2,1-4H3. The van der Waals surface area contributed by atoms with Gasteiger partial charge in [0.05, 0.1) is 11.2 Å². The molecule has 0 aromatic carbocycles. The van der Waals surface area contributed by atoms with Gasteiger partial charge in [-0.25, -0.2) is 0 Å². The highest BCUT2D eigenvalue weighted by Gasteiger charge is 2.57. The van der Waals surface area contributed by atoms with Gasteiger partial charge >= 0.3 is 0 Å². The van der Waals surface area contributed by atoms with E-state index in [1.807, 2.05) is 7.05 Å². The molecule has 1 saturated heterocycles. The second kappa shape index (κ2) is 3.21. The third-order valence-electron chi connectivity index (χ3n) is 4.43. The van der Waals surface area contributed by atoms with Crippen molar-refractivity contribution in [3.63, 3.8) is 0 Å². The van der Waals surface area contributed by atoms with E-state index in [4.69, 9.17) is 4.74 Å². The maximum Gasteiger partial charge on any atom is 0.0786 e. The van der Waals surface area contributed by atoms with E-state index < -0.39 is 0 Å². The van der Waals surface area contributed by atoms with Crippen molar-refractivity contribution in [1.82, 2.24) is 5.32 Å². The zero-order chi connectivity index (χ0) is 10.4. The first-order valence-corrected chi connectivity index (χ1v) is 5.86. The van der Waals surface area contributed by atoms with Gasteiger partial charge in [-0.05, 0) is 45.1 Å². The Morgan fingerprint density at radius 3 is 2.57 bits per heavy atom. The van der Waals surface area contributed by atoms with E-state index in [1.165, 1.54) is 19.3 Å². The first-order chi connectivity index (χ1) is 6.51. The minimum Gasteiger partial charge on any atom is -0.367 e. The van der Waals surface area contributed by atoms with E-state index in [0.29, 0.717) is 0 Å². The van der Waals surface area contributed by atoms with Crippen molar-refractivity contribution in [2.75, 3.05) is 13.6 Å². The normalized spacial score (nSPS) is 52.3. The zero-order valence-electron chi connectivity index (χ0n) is 9.89. The van der Waals surface area contributed by atoms with Crippen LogP contribution in [0.15, 0.2) is 0 Å². The summed E-state index contributed by atoms with van der Waals surface area (Å²) in [4.78, 5) is 0. The molecule has 2 aliphatic rings. The maximum absolute atomic E-state index is 6.33. The van der Waals surface area contributed by atoms with Crippen molar-refractivity contribution < 1.29 is 4.74 Å². The second-order valence-corrected chi connectivity index (χ2v) is 5.62. The molecular formula is C12H23NO. The molecular weight excluding hydrogens is 174 g/mol. The Balaban J connectivity index is 2.01. The summed E-state index contributed by atoms with van der Waals surface area (Å²) in [6.45, 7) is 7.91. The van der Waals surface area contributed by atoms with Gasteiger partial charge in [-0.3, -0.25) is 0 Å². The van der Waals surface area contributed by atoms with E-state index in [9.17, 15) is 0 Å². The van der Waals surface area contributed by atoms with Crippen LogP contribution >= 0.6 is 0 Å². The molecule has 82 valence electrons. The highest BCUT2D eigenvalue weighted by Crippen LogP contribution is 2.55. The molecule has 0 amide bonds. The van der Waals surface area contributed by atoms with Crippen LogP contribution in [0.5, 0.6) is 0 Å². The molecule has 1 saturated carbocycles. The Kier molecular flexibility index (Phi) is 2.39. The summed E-state index contributed by atoms with van der Waals surface area (Å²) in [7, 11) is 2.01. The lowest BCUT2D eigenvalue weighted by Crippen LogP contribution is -2.53. The van der Waals surface area contributed by atoms with Crippen LogP contribution in [0.4, 0.5) is 0 Å². The number of hydrogen-bond acceptors (Lipinski definition) is 2. The Bertz CT molecular complexity index is 230. The minimum absolute atomic E-state index is 0.0865. The summed E-state index contributed by atoms with van der Waals surface area (Å²) in [5.74, 6) is 1.60. The van der Waals surface area contributed by atoms with E-state index in [1.54, 1.807) is 0 Å². The molecule has 4 unspecified atom stereocenters. The molecule has 1 spiro atoms. The number of likely N-dealkylation sites (N-methyl/N-ethyl adjacent to an activating group) is 1. The van der Waals surface area contributed by atoms with Crippen molar-refractivity contribution >= 4 is 0 Å². The lowest BCUT2D eigenvalue weighted by atomic mass is 9.62. The predicted octanol–water partition coefficient (Wildman–Crippen LogP) is 2.19. The average Bonchev–Trinajstić information content (AvgIpc) is 2.47. The molecule has 1 N–H and O–H groups in total. The van der Waals surface area contributed by atoms with E-state index in [2.05, 4.69) is 26.1 Å². The fourth-order valence-corrected chi connectivity index (χ4v) is 3.30. The summed E-state index contributed by atoms with van der Waals surface area (Å²) in [6, 6.07) is 0. The number of hydrogen-bond donors (Lipinski definition) is 1. The fraction of sp³-hybridized carbons (Fsp3) is 1.00. The Hall–Kier alpha value is -0.0800. The van der Waals surface area contributed by atoms with Gasteiger partial charge in [0.15, 0.2) is 0 Å². The largest absolute Gasteiger partial charge is 0.367 e. The lowest BCUT2D eigenvalue weighted by Gasteiger charge is -2.51. The summed E-state index contributed by atoms with van der Waals surface area (Å²) >= 11 is 0. The molecule has 1 aliphatic heterocycles. The molecule has 2 fully saturated rings. The topological polar surface area (TPSA) is 21.3 Å². The highest BCUT2D eigenvalue weighted by molar-refractivity contribution is 5.07. The summed E-state index contributed by atoms with van der Waals surface area (Å²) in [6.07, 6.45) is 3.75. The van der Waals surface area contributed by atoms with Crippen molar-refractivity contribution in [1.29, 1.82) is 0 Å². The van der Waals surface area contributed by atoms with Crippen LogP contribution in [0.3, 0.4) is 0 Å². The van der Waals surface area contributed by atoms with Crippen LogP contribution in [0.25, 0.3) is 0 Å². The summed E-state index contributed by atoms with van der Waals surface area (Å²) < 4.78 is 6.33. The minimum atomic E-state index is 0.0865. The molecule has 2 heteroatoms. The molecule has 0 aromatic heterocycles. The van der Waals surface area contributed by atoms with E-state index in [-0.39, 0.29) is 11.2 Å². The van der Waals surface area contributed by atoms with Gasteiger partial charge in [0.25, 0.3) is 0 Å². The first kappa shape index (κ1) is 10.4. The number of ether oxygens (including phenoxy) is 1. The van der Waals surface area contributed by atoms with Crippen LogP contribution in [-0.2, 0) is 4.74 Å². The van der Waals surface area contributed by atoms with Gasteiger partial charge in [0.2, 0.25) is 0 Å². The van der Waals surface area contributed by atoms with Gasteiger partial charge in [0, 0.05) is 6.54 Å². The molecule has 0 aromatic rings.